The number of para-hydroxylation sites is 1. The maximum absolute atomic E-state index is 13.0. The number of aryl methyl sites for hydroxylation is 1. The van der Waals surface area contributed by atoms with E-state index in [0.717, 1.165) is 29.0 Å². The van der Waals surface area contributed by atoms with Crippen molar-refractivity contribution in [2.75, 3.05) is 11.4 Å². The van der Waals surface area contributed by atoms with Gasteiger partial charge in [-0.15, -0.1) is 11.3 Å². The number of hydrogen-bond acceptors (Lipinski definition) is 6. The molecule has 1 atom stereocenters. The number of sulfone groups is 1. The molecule has 2 aromatic heterocycles. The number of carbonyl (C=O) groups excluding carboxylic acids is 1. The summed E-state index contributed by atoms with van der Waals surface area (Å²) in [6, 6.07) is 11.4. The van der Waals surface area contributed by atoms with E-state index in [2.05, 4.69) is 4.98 Å². The minimum absolute atomic E-state index is 0.307. The van der Waals surface area contributed by atoms with Crippen molar-refractivity contribution >= 4 is 32.8 Å². The molecular weight excluding hydrogens is 396 g/mol. The van der Waals surface area contributed by atoms with Crippen LogP contribution in [0.4, 0.5) is 5.69 Å². The molecule has 0 radical (unpaired) electrons. The van der Waals surface area contributed by atoms with Gasteiger partial charge >= 0.3 is 0 Å². The zero-order valence-corrected chi connectivity index (χ0v) is 17.0. The first kappa shape index (κ1) is 18.9. The Balaban J connectivity index is 1.52. The molecule has 0 saturated heterocycles. The number of nitrogens with zero attached hydrogens (tertiary/aromatic N) is 2. The molecule has 8 heteroatoms. The normalized spacial score (nSPS) is 15.2. The van der Waals surface area contributed by atoms with Gasteiger partial charge in [-0.2, -0.15) is 0 Å². The first-order valence-corrected chi connectivity index (χ1v) is 11.6. The Hall–Kier alpha value is -2.45. The summed E-state index contributed by atoms with van der Waals surface area (Å²) in [6.45, 7) is 1.98. The zero-order chi connectivity index (χ0) is 19.7. The maximum Gasteiger partial charge on any atom is 0.245 e. The molecule has 4 rings (SSSR count). The fourth-order valence-corrected chi connectivity index (χ4v) is 5.24. The highest BCUT2D eigenvalue weighted by molar-refractivity contribution is 7.92. The molecule has 0 saturated carbocycles. The fraction of sp³-hybridized carbons (Fsp3) is 0.300. The van der Waals surface area contributed by atoms with Gasteiger partial charge in [0.2, 0.25) is 11.8 Å². The fourth-order valence-electron chi connectivity index (χ4n) is 3.35. The number of carbonyl (C=O) groups is 1. The van der Waals surface area contributed by atoms with Crippen molar-refractivity contribution in [1.82, 2.24) is 4.98 Å². The highest BCUT2D eigenvalue weighted by Crippen LogP contribution is 2.29. The third kappa shape index (κ3) is 3.62. The highest BCUT2D eigenvalue weighted by atomic mass is 32.2. The van der Waals surface area contributed by atoms with Crippen LogP contribution in [-0.2, 0) is 26.8 Å². The molecule has 3 heterocycles. The summed E-state index contributed by atoms with van der Waals surface area (Å²) in [4.78, 5) is 19.7. The van der Waals surface area contributed by atoms with E-state index in [1.54, 1.807) is 4.90 Å². The van der Waals surface area contributed by atoms with Crippen LogP contribution in [0.15, 0.2) is 52.5 Å². The Labute approximate surface area is 167 Å². The number of benzene rings is 1. The van der Waals surface area contributed by atoms with E-state index in [-0.39, 0.29) is 5.75 Å². The largest absolute Gasteiger partial charge is 0.444 e. The van der Waals surface area contributed by atoms with Crippen LogP contribution in [0.5, 0.6) is 0 Å². The molecule has 0 bridgehead atoms. The summed E-state index contributed by atoms with van der Waals surface area (Å²) < 4.78 is 31.1. The van der Waals surface area contributed by atoms with E-state index in [0.29, 0.717) is 18.1 Å². The van der Waals surface area contributed by atoms with Gasteiger partial charge in [-0.3, -0.25) is 4.79 Å². The average molecular weight is 417 g/mol. The van der Waals surface area contributed by atoms with Crippen molar-refractivity contribution in [2.45, 2.75) is 30.8 Å². The Morgan fingerprint density at radius 3 is 2.89 bits per heavy atom. The van der Waals surface area contributed by atoms with Crippen LogP contribution >= 0.6 is 11.3 Å². The molecule has 146 valence electrons. The summed E-state index contributed by atoms with van der Waals surface area (Å²) in [5.74, 6) is -0.331. The Kier molecular flexibility index (Phi) is 5.07. The van der Waals surface area contributed by atoms with E-state index in [4.69, 9.17) is 4.42 Å². The van der Waals surface area contributed by atoms with Crippen LogP contribution in [0, 0.1) is 0 Å². The van der Waals surface area contributed by atoms with E-state index in [9.17, 15) is 13.2 Å². The average Bonchev–Trinajstić information content (AvgIpc) is 3.38. The summed E-state index contributed by atoms with van der Waals surface area (Å²) in [6.07, 6.45) is 3.06. The number of oxazole rings is 1. The van der Waals surface area contributed by atoms with Gasteiger partial charge in [0.15, 0.2) is 9.84 Å². The molecular formula is C20H20N2O4S2. The lowest BCUT2D eigenvalue weighted by Crippen LogP contribution is -2.44. The SMILES string of the molecule is C[C@@H](C(=O)N1CCCc2ccccc21)S(=O)(=O)Cc1coc(-c2cccs2)n1. The minimum atomic E-state index is -3.73. The van der Waals surface area contributed by atoms with Gasteiger partial charge in [0.1, 0.15) is 11.5 Å². The van der Waals surface area contributed by atoms with Crippen LogP contribution < -0.4 is 4.90 Å². The number of hydrogen-bond donors (Lipinski definition) is 0. The second-order valence-electron chi connectivity index (χ2n) is 6.79. The van der Waals surface area contributed by atoms with Gasteiger partial charge in [0.25, 0.3) is 0 Å². The van der Waals surface area contributed by atoms with Gasteiger partial charge in [0.05, 0.1) is 16.3 Å². The lowest BCUT2D eigenvalue weighted by atomic mass is 10.0. The lowest BCUT2D eigenvalue weighted by molar-refractivity contribution is -0.118. The Morgan fingerprint density at radius 1 is 1.29 bits per heavy atom. The van der Waals surface area contributed by atoms with E-state index >= 15 is 0 Å². The topological polar surface area (TPSA) is 80.5 Å². The van der Waals surface area contributed by atoms with Crippen LogP contribution in [0.25, 0.3) is 10.8 Å². The highest BCUT2D eigenvalue weighted by Gasteiger charge is 2.34. The standard InChI is InChI=1S/C20H20N2O4S2/c1-14(20(23)22-10-4-7-15-6-2-3-8-17(15)22)28(24,25)13-16-12-26-19(21-16)18-9-5-11-27-18/h2-3,5-6,8-9,11-12,14H,4,7,10,13H2,1H3/t14-/m0/s1. The summed E-state index contributed by atoms with van der Waals surface area (Å²) in [5.41, 5.74) is 2.19. The van der Waals surface area contributed by atoms with Crippen LogP contribution in [0.1, 0.15) is 24.6 Å². The Bertz CT molecular complexity index is 1090. The zero-order valence-electron chi connectivity index (χ0n) is 15.4. The van der Waals surface area contributed by atoms with Crippen molar-refractivity contribution in [3.05, 3.63) is 59.3 Å². The molecule has 1 aliphatic rings. The van der Waals surface area contributed by atoms with E-state index in [1.807, 2.05) is 41.8 Å². The first-order valence-electron chi connectivity index (χ1n) is 9.05. The van der Waals surface area contributed by atoms with Gasteiger partial charge in [-0.1, -0.05) is 24.3 Å². The quantitative estimate of drug-likeness (QED) is 0.634. The molecule has 0 N–H and O–H groups in total. The number of thiophene rings is 1. The van der Waals surface area contributed by atoms with Gasteiger partial charge in [0, 0.05) is 12.2 Å². The predicted octanol–water partition coefficient (Wildman–Crippen LogP) is 3.69. The lowest BCUT2D eigenvalue weighted by Gasteiger charge is -2.31. The molecule has 0 fully saturated rings. The van der Waals surface area contributed by atoms with Crippen molar-refractivity contribution in [3.8, 4) is 10.8 Å². The molecule has 0 unspecified atom stereocenters. The molecule has 6 nitrogen and oxygen atoms in total. The van der Waals surface area contributed by atoms with Crippen molar-refractivity contribution in [3.63, 3.8) is 0 Å². The minimum Gasteiger partial charge on any atom is -0.444 e. The second kappa shape index (κ2) is 7.52. The number of rotatable bonds is 5. The number of aromatic nitrogens is 1. The molecule has 1 amide bonds. The van der Waals surface area contributed by atoms with Gasteiger partial charge < -0.3 is 9.32 Å². The molecule has 0 spiro atoms. The van der Waals surface area contributed by atoms with Crippen molar-refractivity contribution < 1.29 is 17.6 Å². The summed E-state index contributed by atoms with van der Waals surface area (Å²) in [5, 5.41) is 0.744. The maximum atomic E-state index is 13.0. The van der Waals surface area contributed by atoms with E-state index < -0.39 is 21.0 Å². The number of amides is 1. The predicted molar refractivity (Wildman–Crippen MR) is 109 cm³/mol. The number of fused-ring (bicyclic) bond motifs is 1. The molecule has 3 aromatic rings. The van der Waals surface area contributed by atoms with E-state index in [1.165, 1.54) is 24.5 Å². The molecule has 28 heavy (non-hydrogen) atoms. The van der Waals surface area contributed by atoms with Crippen LogP contribution in [-0.4, -0.2) is 31.1 Å². The number of anilines is 1. The van der Waals surface area contributed by atoms with Crippen LogP contribution in [0.2, 0.25) is 0 Å². The molecule has 1 aromatic carbocycles. The third-order valence-electron chi connectivity index (χ3n) is 4.90. The monoisotopic (exact) mass is 416 g/mol. The summed E-state index contributed by atoms with van der Waals surface area (Å²) in [7, 11) is -3.73. The van der Waals surface area contributed by atoms with Crippen molar-refractivity contribution in [1.29, 1.82) is 0 Å². The molecule has 1 aliphatic heterocycles. The first-order chi connectivity index (χ1) is 13.5. The van der Waals surface area contributed by atoms with Crippen molar-refractivity contribution in [2.24, 2.45) is 0 Å². The second-order valence-corrected chi connectivity index (χ2v) is 10.1. The van der Waals surface area contributed by atoms with Gasteiger partial charge in [-0.05, 0) is 42.8 Å². The van der Waals surface area contributed by atoms with Crippen LogP contribution in [0.3, 0.4) is 0 Å². The Morgan fingerprint density at radius 2 is 2.11 bits per heavy atom. The smallest absolute Gasteiger partial charge is 0.245 e. The molecule has 0 aliphatic carbocycles. The third-order valence-corrected chi connectivity index (χ3v) is 7.73. The summed E-state index contributed by atoms with van der Waals surface area (Å²) >= 11 is 1.46. The van der Waals surface area contributed by atoms with Gasteiger partial charge in [-0.25, -0.2) is 13.4 Å².